The highest BCUT2D eigenvalue weighted by Crippen LogP contribution is 2.24. The smallest absolute Gasteiger partial charge is 0.191 e. The molecule has 0 spiro atoms. The van der Waals surface area contributed by atoms with Crippen LogP contribution in [-0.4, -0.2) is 63.4 Å². The topological polar surface area (TPSA) is 58.1 Å². The molecule has 3 rings (SSSR count). The van der Waals surface area contributed by atoms with E-state index < -0.39 is 0 Å². The standard InChI is InChI=1S/C22H36N4O2/c1-17-8-9-18(21(14-17)28-20-10-13-27-16-20)15-25-22(23-2)24-11-12-26(3)19-6-4-5-7-19/h8-9,14,19-20H,4-7,10-13,15-16H2,1-3H3,(H2,23,24,25). The Kier molecular flexibility index (Phi) is 7.98. The maximum absolute atomic E-state index is 6.19. The second-order valence-corrected chi connectivity index (χ2v) is 7.99. The highest BCUT2D eigenvalue weighted by molar-refractivity contribution is 5.79. The van der Waals surface area contributed by atoms with Crippen molar-refractivity contribution in [3.8, 4) is 5.75 Å². The second-order valence-electron chi connectivity index (χ2n) is 7.99. The number of hydrogen-bond acceptors (Lipinski definition) is 4. The summed E-state index contributed by atoms with van der Waals surface area (Å²) < 4.78 is 11.6. The van der Waals surface area contributed by atoms with Crippen LogP contribution < -0.4 is 15.4 Å². The molecule has 1 atom stereocenters. The average molecular weight is 389 g/mol. The molecule has 1 heterocycles. The molecule has 0 aromatic heterocycles. The molecule has 1 aliphatic heterocycles. The van der Waals surface area contributed by atoms with E-state index in [4.69, 9.17) is 9.47 Å². The van der Waals surface area contributed by atoms with Crippen LogP contribution in [0.25, 0.3) is 0 Å². The van der Waals surface area contributed by atoms with Crippen LogP contribution in [0.1, 0.15) is 43.2 Å². The van der Waals surface area contributed by atoms with E-state index in [9.17, 15) is 0 Å². The summed E-state index contributed by atoms with van der Waals surface area (Å²) in [6, 6.07) is 7.13. The van der Waals surface area contributed by atoms with Crippen LogP contribution >= 0.6 is 0 Å². The average Bonchev–Trinajstić information content (AvgIpc) is 3.39. The van der Waals surface area contributed by atoms with Gasteiger partial charge in [0.25, 0.3) is 0 Å². The largest absolute Gasteiger partial charge is 0.488 e. The number of aryl methyl sites for hydroxylation is 1. The number of benzene rings is 1. The third-order valence-electron chi connectivity index (χ3n) is 5.78. The summed E-state index contributed by atoms with van der Waals surface area (Å²) in [5.74, 6) is 1.77. The highest BCUT2D eigenvalue weighted by atomic mass is 16.5. The van der Waals surface area contributed by atoms with E-state index in [1.807, 2.05) is 7.05 Å². The van der Waals surface area contributed by atoms with Crippen LogP contribution in [0, 0.1) is 6.92 Å². The molecule has 28 heavy (non-hydrogen) atoms. The first kappa shape index (κ1) is 20.9. The summed E-state index contributed by atoms with van der Waals surface area (Å²) in [5, 5.41) is 6.86. The van der Waals surface area contributed by atoms with Crippen LogP contribution in [-0.2, 0) is 11.3 Å². The first-order valence-corrected chi connectivity index (χ1v) is 10.6. The fraction of sp³-hybridized carbons (Fsp3) is 0.682. The zero-order chi connectivity index (χ0) is 19.8. The van der Waals surface area contributed by atoms with E-state index in [-0.39, 0.29) is 6.10 Å². The van der Waals surface area contributed by atoms with E-state index in [0.29, 0.717) is 13.2 Å². The van der Waals surface area contributed by atoms with Gasteiger partial charge >= 0.3 is 0 Å². The Balaban J connectivity index is 1.47. The van der Waals surface area contributed by atoms with Gasteiger partial charge < -0.3 is 25.0 Å². The zero-order valence-electron chi connectivity index (χ0n) is 17.7. The molecule has 6 heteroatoms. The van der Waals surface area contributed by atoms with Crippen LogP contribution in [0.2, 0.25) is 0 Å². The molecule has 1 unspecified atom stereocenters. The lowest BCUT2D eigenvalue weighted by Crippen LogP contribution is -2.42. The van der Waals surface area contributed by atoms with Gasteiger partial charge in [-0.15, -0.1) is 0 Å². The van der Waals surface area contributed by atoms with Gasteiger partial charge in [0.1, 0.15) is 11.9 Å². The van der Waals surface area contributed by atoms with Crippen molar-refractivity contribution in [2.75, 3.05) is 40.4 Å². The summed E-state index contributed by atoms with van der Waals surface area (Å²) in [6.07, 6.45) is 6.54. The number of nitrogens with one attached hydrogen (secondary N) is 2. The molecule has 0 radical (unpaired) electrons. The lowest BCUT2D eigenvalue weighted by atomic mass is 10.1. The molecule has 156 valence electrons. The molecule has 2 aliphatic rings. The molecule has 1 aliphatic carbocycles. The van der Waals surface area contributed by atoms with Crippen LogP contribution in [0.5, 0.6) is 5.75 Å². The highest BCUT2D eigenvalue weighted by Gasteiger charge is 2.20. The van der Waals surface area contributed by atoms with Gasteiger partial charge in [-0.3, -0.25) is 4.99 Å². The van der Waals surface area contributed by atoms with Crippen molar-refractivity contribution in [1.29, 1.82) is 0 Å². The van der Waals surface area contributed by atoms with E-state index in [0.717, 1.165) is 49.4 Å². The Labute approximate surface area is 169 Å². The summed E-state index contributed by atoms with van der Waals surface area (Å²) >= 11 is 0. The Morgan fingerprint density at radius 3 is 2.79 bits per heavy atom. The number of likely N-dealkylation sites (N-methyl/N-ethyl adjacent to an activating group) is 1. The Morgan fingerprint density at radius 1 is 1.25 bits per heavy atom. The van der Waals surface area contributed by atoms with Crippen molar-refractivity contribution < 1.29 is 9.47 Å². The maximum Gasteiger partial charge on any atom is 0.191 e. The quantitative estimate of drug-likeness (QED) is 0.530. The van der Waals surface area contributed by atoms with Gasteiger partial charge in [-0.05, 0) is 38.4 Å². The molecule has 0 amide bonds. The van der Waals surface area contributed by atoms with Crippen molar-refractivity contribution in [3.05, 3.63) is 29.3 Å². The minimum Gasteiger partial charge on any atom is -0.488 e. The molecule has 0 bridgehead atoms. The third-order valence-corrected chi connectivity index (χ3v) is 5.78. The molecule has 1 aromatic carbocycles. The van der Waals surface area contributed by atoms with Crippen LogP contribution in [0.4, 0.5) is 0 Å². The molecular formula is C22H36N4O2. The fourth-order valence-electron chi connectivity index (χ4n) is 3.98. The summed E-state index contributed by atoms with van der Waals surface area (Å²) in [7, 11) is 4.05. The minimum absolute atomic E-state index is 0.157. The molecular weight excluding hydrogens is 352 g/mol. The predicted octanol–water partition coefficient (Wildman–Crippen LogP) is 2.70. The number of guanidine groups is 1. The Bertz CT molecular complexity index is 637. The van der Waals surface area contributed by atoms with Gasteiger partial charge in [-0.2, -0.15) is 0 Å². The summed E-state index contributed by atoms with van der Waals surface area (Å²) in [5.41, 5.74) is 2.35. The lowest BCUT2D eigenvalue weighted by Gasteiger charge is -2.24. The van der Waals surface area contributed by atoms with Crippen molar-refractivity contribution in [1.82, 2.24) is 15.5 Å². The molecule has 1 aromatic rings. The third kappa shape index (κ3) is 6.11. The fourth-order valence-corrected chi connectivity index (χ4v) is 3.98. The number of ether oxygens (including phenoxy) is 2. The van der Waals surface area contributed by atoms with Crippen LogP contribution in [0.3, 0.4) is 0 Å². The van der Waals surface area contributed by atoms with Gasteiger partial charge in [0.05, 0.1) is 13.2 Å². The second kappa shape index (κ2) is 10.7. The molecule has 6 nitrogen and oxygen atoms in total. The van der Waals surface area contributed by atoms with E-state index in [2.05, 4.69) is 52.7 Å². The molecule has 1 saturated carbocycles. The van der Waals surface area contributed by atoms with Gasteiger partial charge in [-0.1, -0.05) is 25.0 Å². The predicted molar refractivity (Wildman–Crippen MR) is 114 cm³/mol. The van der Waals surface area contributed by atoms with Crippen LogP contribution in [0.15, 0.2) is 23.2 Å². The van der Waals surface area contributed by atoms with Crippen molar-refractivity contribution >= 4 is 5.96 Å². The number of hydrogen-bond donors (Lipinski definition) is 2. The Hall–Kier alpha value is -1.79. The number of nitrogens with zero attached hydrogens (tertiary/aromatic N) is 2. The van der Waals surface area contributed by atoms with Gasteiger partial charge in [0, 0.05) is 44.7 Å². The first-order chi connectivity index (χ1) is 13.7. The van der Waals surface area contributed by atoms with Gasteiger partial charge in [-0.25, -0.2) is 0 Å². The van der Waals surface area contributed by atoms with E-state index in [1.165, 1.54) is 31.2 Å². The molecule has 1 saturated heterocycles. The molecule has 2 N–H and O–H groups in total. The van der Waals surface area contributed by atoms with Crippen molar-refractivity contribution in [2.24, 2.45) is 4.99 Å². The maximum atomic E-state index is 6.19. The number of rotatable bonds is 8. The normalized spacial score (nSPS) is 20.7. The zero-order valence-corrected chi connectivity index (χ0v) is 17.7. The molecule has 2 fully saturated rings. The van der Waals surface area contributed by atoms with Crippen molar-refractivity contribution in [2.45, 2.75) is 57.7 Å². The number of aliphatic imine (C=N–C) groups is 1. The SMILES string of the molecule is CN=C(NCCN(C)C1CCCC1)NCc1ccc(C)cc1OC1CCOC1. The Morgan fingerprint density at radius 2 is 2.07 bits per heavy atom. The first-order valence-electron chi connectivity index (χ1n) is 10.6. The summed E-state index contributed by atoms with van der Waals surface area (Å²) in [6.45, 7) is 6.17. The summed E-state index contributed by atoms with van der Waals surface area (Å²) in [4.78, 5) is 6.84. The minimum atomic E-state index is 0.157. The van der Waals surface area contributed by atoms with E-state index >= 15 is 0 Å². The lowest BCUT2D eigenvalue weighted by molar-refractivity contribution is 0.140. The van der Waals surface area contributed by atoms with E-state index in [1.54, 1.807) is 0 Å². The van der Waals surface area contributed by atoms with Gasteiger partial charge in [0.2, 0.25) is 0 Å². The van der Waals surface area contributed by atoms with Gasteiger partial charge in [0.15, 0.2) is 5.96 Å². The van der Waals surface area contributed by atoms with Crippen molar-refractivity contribution in [3.63, 3.8) is 0 Å². The monoisotopic (exact) mass is 388 g/mol.